The van der Waals surface area contributed by atoms with Gasteiger partial charge in [0, 0.05) is 16.3 Å². The molecule has 0 spiro atoms. The van der Waals surface area contributed by atoms with Gasteiger partial charge in [0.2, 0.25) is 0 Å². The normalized spacial score (nSPS) is 12.4. The molecule has 3 nitrogen and oxygen atoms in total. The minimum atomic E-state index is -0.286. The lowest BCUT2D eigenvalue weighted by molar-refractivity contribution is 0.289. The van der Waals surface area contributed by atoms with Crippen molar-refractivity contribution in [2.24, 2.45) is 0 Å². The van der Waals surface area contributed by atoms with Crippen molar-refractivity contribution >= 4 is 11.3 Å². The number of hydrogen-bond acceptors (Lipinski definition) is 4. The highest BCUT2D eigenvalue weighted by Crippen LogP contribution is 2.21. The zero-order chi connectivity index (χ0) is 9.68. The summed E-state index contributed by atoms with van der Waals surface area (Å²) in [5, 5.41) is 20.4. The summed E-state index contributed by atoms with van der Waals surface area (Å²) in [5.41, 5.74) is 0. The smallest absolute Gasteiger partial charge is 0.130 e. The number of aryl methyl sites for hydroxylation is 1. The van der Waals surface area contributed by atoms with Crippen LogP contribution >= 0.6 is 11.3 Å². The monoisotopic (exact) mass is 196 g/mol. The van der Waals surface area contributed by atoms with Crippen molar-refractivity contribution in [3.05, 3.63) is 21.9 Å². The Morgan fingerprint density at radius 2 is 2.46 bits per heavy atom. The van der Waals surface area contributed by atoms with Crippen LogP contribution in [0.15, 0.2) is 12.1 Å². The first-order chi connectivity index (χ1) is 6.27. The Hall–Kier alpha value is -0.890. The minimum absolute atomic E-state index is 0.0581. The third-order valence-electron chi connectivity index (χ3n) is 1.64. The quantitative estimate of drug-likeness (QED) is 0.761. The summed E-state index contributed by atoms with van der Waals surface area (Å²) < 4.78 is 0. The van der Waals surface area contributed by atoms with Gasteiger partial charge in [-0.3, -0.25) is 5.32 Å². The van der Waals surface area contributed by atoms with Gasteiger partial charge in [0.05, 0.1) is 12.7 Å². The van der Waals surface area contributed by atoms with Gasteiger partial charge in [0.1, 0.15) is 6.04 Å². The maximum absolute atomic E-state index is 8.83. The van der Waals surface area contributed by atoms with E-state index in [0.717, 1.165) is 4.88 Å². The Bertz CT molecular complexity index is 303. The Morgan fingerprint density at radius 1 is 1.69 bits per heavy atom. The van der Waals surface area contributed by atoms with Crippen LogP contribution in [-0.2, 0) is 0 Å². The molecule has 1 unspecified atom stereocenters. The van der Waals surface area contributed by atoms with Crippen LogP contribution in [0.25, 0.3) is 0 Å². The average molecular weight is 196 g/mol. The fourth-order valence-electron chi connectivity index (χ4n) is 1.03. The standard InChI is InChI=1S/C9H12N2OS/c1-7-2-3-9(13-7)8(6-10)11-4-5-12/h2-3,8,11-12H,4-5H2,1H3. The van der Waals surface area contributed by atoms with Gasteiger partial charge < -0.3 is 5.11 Å². The first-order valence-electron chi connectivity index (χ1n) is 4.08. The number of hydrogen-bond donors (Lipinski definition) is 2. The van der Waals surface area contributed by atoms with Crippen LogP contribution in [0, 0.1) is 18.3 Å². The van der Waals surface area contributed by atoms with Gasteiger partial charge in [-0.1, -0.05) is 0 Å². The molecule has 1 atom stereocenters. The molecule has 0 aliphatic rings. The van der Waals surface area contributed by atoms with E-state index < -0.39 is 0 Å². The molecule has 0 radical (unpaired) electrons. The number of rotatable bonds is 4. The Balaban J connectivity index is 2.63. The average Bonchev–Trinajstić information content (AvgIpc) is 2.54. The van der Waals surface area contributed by atoms with E-state index in [0.29, 0.717) is 6.54 Å². The van der Waals surface area contributed by atoms with Crippen LogP contribution < -0.4 is 5.32 Å². The minimum Gasteiger partial charge on any atom is -0.395 e. The molecule has 1 heterocycles. The van der Waals surface area contributed by atoms with Crippen molar-refractivity contribution in [3.8, 4) is 6.07 Å². The molecule has 13 heavy (non-hydrogen) atoms. The second-order valence-electron chi connectivity index (χ2n) is 2.69. The SMILES string of the molecule is Cc1ccc(C(C#N)NCCO)s1. The molecule has 0 amide bonds. The number of nitriles is 1. The van der Waals surface area contributed by atoms with E-state index >= 15 is 0 Å². The highest BCUT2D eigenvalue weighted by atomic mass is 32.1. The van der Waals surface area contributed by atoms with E-state index in [1.54, 1.807) is 11.3 Å². The lowest BCUT2D eigenvalue weighted by atomic mass is 10.2. The highest BCUT2D eigenvalue weighted by Gasteiger charge is 2.10. The summed E-state index contributed by atoms with van der Waals surface area (Å²) in [7, 11) is 0. The van der Waals surface area contributed by atoms with Gasteiger partial charge in [-0.25, -0.2) is 0 Å². The Morgan fingerprint density at radius 3 is 2.92 bits per heavy atom. The predicted molar refractivity (Wildman–Crippen MR) is 52.5 cm³/mol. The molecule has 2 N–H and O–H groups in total. The van der Waals surface area contributed by atoms with E-state index in [1.807, 2.05) is 19.1 Å². The van der Waals surface area contributed by atoms with Crippen LogP contribution in [0.3, 0.4) is 0 Å². The van der Waals surface area contributed by atoms with Gasteiger partial charge in [0.15, 0.2) is 0 Å². The van der Waals surface area contributed by atoms with Crippen LogP contribution in [0.2, 0.25) is 0 Å². The van der Waals surface area contributed by atoms with Gasteiger partial charge in [-0.05, 0) is 19.1 Å². The molecular formula is C9H12N2OS. The zero-order valence-electron chi connectivity index (χ0n) is 7.45. The largest absolute Gasteiger partial charge is 0.395 e. The van der Waals surface area contributed by atoms with Crippen molar-refractivity contribution in [3.63, 3.8) is 0 Å². The van der Waals surface area contributed by atoms with Crippen LogP contribution in [0.4, 0.5) is 0 Å². The molecule has 0 saturated carbocycles. The first-order valence-corrected chi connectivity index (χ1v) is 4.89. The van der Waals surface area contributed by atoms with Gasteiger partial charge in [-0.15, -0.1) is 11.3 Å². The van der Waals surface area contributed by atoms with Crippen molar-refractivity contribution in [2.75, 3.05) is 13.2 Å². The maximum atomic E-state index is 8.83. The van der Waals surface area contributed by atoms with E-state index in [-0.39, 0.29) is 12.6 Å². The lowest BCUT2D eigenvalue weighted by Crippen LogP contribution is -2.22. The summed E-state index contributed by atoms with van der Waals surface area (Å²) in [6, 6.07) is 5.80. The molecule has 0 fully saturated rings. The molecule has 1 rings (SSSR count). The van der Waals surface area contributed by atoms with Crippen LogP contribution in [0.5, 0.6) is 0 Å². The molecule has 0 bridgehead atoms. The number of aliphatic hydroxyl groups excluding tert-OH is 1. The third kappa shape index (κ3) is 2.81. The van der Waals surface area contributed by atoms with Crippen LogP contribution in [-0.4, -0.2) is 18.3 Å². The van der Waals surface area contributed by atoms with Crippen molar-refractivity contribution in [1.29, 1.82) is 5.26 Å². The van der Waals surface area contributed by atoms with Gasteiger partial charge in [0.25, 0.3) is 0 Å². The van der Waals surface area contributed by atoms with Crippen molar-refractivity contribution < 1.29 is 5.11 Å². The number of nitrogens with zero attached hydrogens (tertiary/aromatic N) is 1. The lowest BCUT2D eigenvalue weighted by Gasteiger charge is -2.07. The second-order valence-corrected chi connectivity index (χ2v) is 4.01. The van der Waals surface area contributed by atoms with E-state index in [4.69, 9.17) is 10.4 Å². The highest BCUT2D eigenvalue weighted by molar-refractivity contribution is 7.12. The summed E-state index contributed by atoms with van der Waals surface area (Å²) in [5.74, 6) is 0. The summed E-state index contributed by atoms with van der Waals surface area (Å²) in [6.07, 6.45) is 0. The summed E-state index contributed by atoms with van der Waals surface area (Å²) in [4.78, 5) is 2.20. The number of thiophene rings is 1. The molecule has 1 aromatic heterocycles. The Labute approximate surface area is 81.6 Å². The topological polar surface area (TPSA) is 56.0 Å². The summed E-state index contributed by atoms with van der Waals surface area (Å²) >= 11 is 1.60. The first kappa shape index (κ1) is 10.2. The van der Waals surface area contributed by atoms with E-state index in [9.17, 15) is 0 Å². The van der Waals surface area contributed by atoms with Gasteiger partial charge >= 0.3 is 0 Å². The molecule has 1 aromatic rings. The molecule has 4 heteroatoms. The van der Waals surface area contributed by atoms with E-state index in [2.05, 4.69) is 11.4 Å². The fraction of sp³-hybridized carbons (Fsp3) is 0.444. The molecule has 70 valence electrons. The zero-order valence-corrected chi connectivity index (χ0v) is 8.27. The molecule has 0 aliphatic carbocycles. The second kappa shape index (κ2) is 4.97. The maximum Gasteiger partial charge on any atom is 0.130 e. The molecular weight excluding hydrogens is 184 g/mol. The Kier molecular flexibility index (Phi) is 3.90. The van der Waals surface area contributed by atoms with E-state index in [1.165, 1.54) is 4.88 Å². The summed E-state index contributed by atoms with van der Waals surface area (Å²) in [6.45, 7) is 2.52. The van der Waals surface area contributed by atoms with Gasteiger partial charge in [-0.2, -0.15) is 5.26 Å². The van der Waals surface area contributed by atoms with Crippen molar-refractivity contribution in [1.82, 2.24) is 5.32 Å². The third-order valence-corrected chi connectivity index (χ3v) is 2.70. The molecule has 0 aliphatic heterocycles. The predicted octanol–water partition coefficient (Wildman–Crippen LogP) is 1.20. The fourth-order valence-corrected chi connectivity index (χ4v) is 1.93. The molecule has 0 aromatic carbocycles. The number of aliphatic hydroxyl groups is 1. The van der Waals surface area contributed by atoms with Crippen molar-refractivity contribution in [2.45, 2.75) is 13.0 Å². The molecule has 0 saturated heterocycles. The van der Waals surface area contributed by atoms with Crippen LogP contribution in [0.1, 0.15) is 15.8 Å². The number of nitrogens with one attached hydrogen (secondary N) is 1.